The number of benzene rings is 2. The van der Waals surface area contributed by atoms with Crippen LogP contribution in [0.1, 0.15) is 55.7 Å². The Morgan fingerprint density at radius 3 is 2.44 bits per heavy atom. The molecule has 0 saturated heterocycles. The molecule has 1 aliphatic rings. The first-order chi connectivity index (χ1) is 17.6. The van der Waals surface area contributed by atoms with Gasteiger partial charge in [0, 0.05) is 25.9 Å². The summed E-state index contributed by atoms with van der Waals surface area (Å²) in [5.74, 6) is -1.32. The SMILES string of the molecule is O=C1CCCC/C=C\C[C@H](CC(=O)N(CCO)Cc2ccccc2)C(=O)N[C@@H](c2ccccc2)CO1. The summed E-state index contributed by atoms with van der Waals surface area (Å²) in [6.45, 7) is 0.444. The Morgan fingerprint density at radius 1 is 1.00 bits per heavy atom. The summed E-state index contributed by atoms with van der Waals surface area (Å²) < 4.78 is 5.48. The fourth-order valence-electron chi connectivity index (χ4n) is 4.19. The molecule has 2 N–H and O–H groups in total. The van der Waals surface area contributed by atoms with Gasteiger partial charge < -0.3 is 20.1 Å². The molecule has 2 aromatic rings. The summed E-state index contributed by atoms with van der Waals surface area (Å²) in [6, 6.07) is 18.5. The predicted octanol–water partition coefficient (Wildman–Crippen LogP) is 3.93. The van der Waals surface area contributed by atoms with Crippen molar-refractivity contribution in [2.45, 2.75) is 51.1 Å². The van der Waals surface area contributed by atoms with Crippen LogP contribution in [-0.2, 0) is 25.7 Å². The topological polar surface area (TPSA) is 95.9 Å². The van der Waals surface area contributed by atoms with Gasteiger partial charge in [0.1, 0.15) is 6.61 Å². The monoisotopic (exact) mass is 492 g/mol. The third-order valence-corrected chi connectivity index (χ3v) is 6.25. The van der Waals surface area contributed by atoms with Crippen molar-refractivity contribution >= 4 is 17.8 Å². The first-order valence-electron chi connectivity index (χ1n) is 12.7. The number of hydrogen-bond acceptors (Lipinski definition) is 5. The number of carbonyl (C=O) groups is 3. The highest BCUT2D eigenvalue weighted by Crippen LogP contribution is 2.20. The van der Waals surface area contributed by atoms with Gasteiger partial charge in [0.25, 0.3) is 0 Å². The van der Waals surface area contributed by atoms with Crippen molar-refractivity contribution in [2.24, 2.45) is 5.92 Å². The molecule has 0 unspecified atom stereocenters. The summed E-state index contributed by atoms with van der Waals surface area (Å²) in [5.41, 5.74) is 1.79. The van der Waals surface area contributed by atoms with Gasteiger partial charge in [0.2, 0.25) is 11.8 Å². The van der Waals surface area contributed by atoms with Crippen molar-refractivity contribution in [1.29, 1.82) is 0 Å². The number of cyclic esters (lactones) is 1. The van der Waals surface area contributed by atoms with Gasteiger partial charge in [-0.25, -0.2) is 0 Å². The van der Waals surface area contributed by atoms with Gasteiger partial charge in [0.15, 0.2) is 0 Å². The molecule has 0 bridgehead atoms. The minimum atomic E-state index is -0.587. The van der Waals surface area contributed by atoms with Gasteiger partial charge in [-0.05, 0) is 36.8 Å². The van der Waals surface area contributed by atoms with Gasteiger partial charge in [0.05, 0.1) is 18.6 Å². The van der Waals surface area contributed by atoms with E-state index in [0.717, 1.165) is 30.4 Å². The summed E-state index contributed by atoms with van der Waals surface area (Å²) in [7, 11) is 0. The lowest BCUT2D eigenvalue weighted by Crippen LogP contribution is -2.40. The third-order valence-electron chi connectivity index (χ3n) is 6.25. The quantitative estimate of drug-likeness (QED) is 0.451. The summed E-state index contributed by atoms with van der Waals surface area (Å²) in [5, 5.41) is 12.5. The molecule has 36 heavy (non-hydrogen) atoms. The molecule has 192 valence electrons. The molecule has 0 fully saturated rings. The average molecular weight is 493 g/mol. The number of ether oxygens (including phenoxy) is 1. The molecule has 7 nitrogen and oxygen atoms in total. The standard InChI is InChI=1S/C29H36N2O5/c32-19-18-31(21-23-12-6-4-7-13-23)27(33)20-25-16-8-2-1-3-11-17-28(34)36-22-26(30-29(25)35)24-14-9-5-10-15-24/h2,4-10,12-15,25-26,32H,1,3,11,16-22H2,(H,30,35)/b8-2-/t25-,26-/m1/s1. The molecule has 1 heterocycles. The summed E-state index contributed by atoms with van der Waals surface area (Å²) >= 11 is 0. The van der Waals surface area contributed by atoms with Crippen LogP contribution in [-0.4, -0.2) is 47.5 Å². The Kier molecular flexibility index (Phi) is 11.2. The molecule has 3 rings (SSSR count). The highest BCUT2D eigenvalue weighted by Gasteiger charge is 2.27. The fourth-order valence-corrected chi connectivity index (χ4v) is 4.19. The number of carbonyl (C=O) groups excluding carboxylic acids is 3. The van der Waals surface area contributed by atoms with E-state index in [4.69, 9.17) is 4.74 Å². The maximum absolute atomic E-state index is 13.4. The smallest absolute Gasteiger partial charge is 0.305 e. The Morgan fingerprint density at radius 2 is 1.72 bits per heavy atom. The normalized spacial score (nSPS) is 20.5. The van der Waals surface area contributed by atoms with Crippen molar-refractivity contribution in [3.8, 4) is 0 Å². The molecular formula is C29H36N2O5. The van der Waals surface area contributed by atoms with Crippen LogP contribution in [0.25, 0.3) is 0 Å². The molecule has 2 atom stereocenters. The van der Waals surface area contributed by atoms with Gasteiger partial charge >= 0.3 is 5.97 Å². The first kappa shape index (κ1) is 27.1. The van der Waals surface area contributed by atoms with Gasteiger partial charge in [-0.2, -0.15) is 0 Å². The van der Waals surface area contributed by atoms with Crippen molar-refractivity contribution in [3.05, 3.63) is 83.9 Å². The van der Waals surface area contributed by atoms with Crippen LogP contribution in [0.5, 0.6) is 0 Å². The number of allylic oxidation sites excluding steroid dienone is 2. The minimum Gasteiger partial charge on any atom is -0.463 e. The zero-order valence-corrected chi connectivity index (χ0v) is 20.7. The highest BCUT2D eigenvalue weighted by molar-refractivity contribution is 5.86. The van der Waals surface area contributed by atoms with E-state index in [1.54, 1.807) is 4.90 Å². The molecule has 2 amide bonds. The Labute approximate surface area is 213 Å². The summed E-state index contributed by atoms with van der Waals surface area (Å²) in [6.07, 6.45) is 7.14. The van der Waals surface area contributed by atoms with Crippen LogP contribution in [0.3, 0.4) is 0 Å². The molecule has 0 aromatic heterocycles. The molecular weight excluding hydrogens is 456 g/mol. The second-order valence-corrected chi connectivity index (χ2v) is 9.03. The van der Waals surface area contributed by atoms with E-state index in [2.05, 4.69) is 5.32 Å². The zero-order chi connectivity index (χ0) is 25.6. The lowest BCUT2D eigenvalue weighted by atomic mass is 9.97. The predicted molar refractivity (Wildman–Crippen MR) is 138 cm³/mol. The van der Waals surface area contributed by atoms with E-state index in [9.17, 15) is 19.5 Å². The molecule has 7 heteroatoms. The number of nitrogens with one attached hydrogen (secondary N) is 1. The first-order valence-corrected chi connectivity index (χ1v) is 12.7. The second-order valence-electron chi connectivity index (χ2n) is 9.03. The zero-order valence-electron chi connectivity index (χ0n) is 20.7. The van der Waals surface area contributed by atoms with E-state index >= 15 is 0 Å². The molecule has 0 aliphatic carbocycles. The minimum absolute atomic E-state index is 0.0182. The van der Waals surface area contributed by atoms with Gasteiger partial charge in [-0.15, -0.1) is 0 Å². The molecule has 0 radical (unpaired) electrons. The molecule has 0 spiro atoms. The number of esters is 1. The number of aliphatic hydroxyl groups excluding tert-OH is 1. The van der Waals surface area contributed by atoms with Crippen LogP contribution in [0.15, 0.2) is 72.8 Å². The lowest BCUT2D eigenvalue weighted by Gasteiger charge is -2.26. The highest BCUT2D eigenvalue weighted by atomic mass is 16.5. The number of hydrogen-bond donors (Lipinski definition) is 2. The number of rotatable bonds is 7. The number of aliphatic hydroxyl groups is 1. The largest absolute Gasteiger partial charge is 0.463 e. The van der Waals surface area contributed by atoms with E-state index < -0.39 is 12.0 Å². The van der Waals surface area contributed by atoms with Crippen LogP contribution < -0.4 is 5.32 Å². The fraction of sp³-hybridized carbons (Fsp3) is 0.414. The van der Waals surface area contributed by atoms with Gasteiger partial charge in [-0.1, -0.05) is 72.8 Å². The molecule has 0 saturated carbocycles. The second kappa shape index (κ2) is 14.8. The van der Waals surface area contributed by atoms with Crippen LogP contribution in [0.4, 0.5) is 0 Å². The van der Waals surface area contributed by atoms with Crippen LogP contribution in [0.2, 0.25) is 0 Å². The summed E-state index contributed by atoms with van der Waals surface area (Å²) in [4.78, 5) is 40.5. The maximum Gasteiger partial charge on any atom is 0.305 e. The average Bonchev–Trinajstić information content (AvgIpc) is 2.90. The third kappa shape index (κ3) is 8.96. The molecule has 1 aliphatic heterocycles. The van der Waals surface area contributed by atoms with E-state index in [1.807, 2.05) is 72.8 Å². The van der Waals surface area contributed by atoms with E-state index in [-0.39, 0.29) is 44.0 Å². The number of amides is 2. The Balaban J connectivity index is 1.77. The van der Waals surface area contributed by atoms with Crippen LogP contribution in [0, 0.1) is 5.92 Å². The van der Waals surface area contributed by atoms with Crippen molar-refractivity contribution in [1.82, 2.24) is 10.2 Å². The van der Waals surface area contributed by atoms with Crippen LogP contribution >= 0.6 is 0 Å². The van der Waals surface area contributed by atoms with E-state index in [1.165, 1.54) is 0 Å². The Hall–Kier alpha value is -3.45. The van der Waals surface area contributed by atoms with Gasteiger partial charge in [-0.3, -0.25) is 14.4 Å². The van der Waals surface area contributed by atoms with Crippen molar-refractivity contribution in [2.75, 3.05) is 19.8 Å². The maximum atomic E-state index is 13.4. The number of nitrogens with zero attached hydrogens (tertiary/aromatic N) is 1. The van der Waals surface area contributed by atoms with Crippen molar-refractivity contribution in [3.63, 3.8) is 0 Å². The lowest BCUT2D eigenvalue weighted by molar-refractivity contribution is -0.145. The Bertz CT molecular complexity index is 993. The van der Waals surface area contributed by atoms with E-state index in [0.29, 0.717) is 19.4 Å². The van der Waals surface area contributed by atoms with Crippen molar-refractivity contribution < 1.29 is 24.2 Å². The molecule has 2 aromatic carbocycles.